The van der Waals surface area contributed by atoms with Crippen LogP contribution in [-0.4, -0.2) is 86.4 Å². The monoisotopic (exact) mass is 734 g/mol. The summed E-state index contributed by atoms with van der Waals surface area (Å²) in [5.74, 6) is -2.23. The molecule has 288 valence electrons. The van der Waals surface area contributed by atoms with E-state index in [0.717, 1.165) is 16.7 Å². The summed E-state index contributed by atoms with van der Waals surface area (Å²) in [4.78, 5) is 53.3. The van der Waals surface area contributed by atoms with Crippen LogP contribution in [0, 0.1) is 0 Å². The molecule has 3 aromatic carbocycles. The molecule has 0 saturated heterocycles. The van der Waals surface area contributed by atoms with Crippen LogP contribution in [0.4, 0.5) is 0 Å². The summed E-state index contributed by atoms with van der Waals surface area (Å²) >= 11 is 0. The average molecular weight is 735 g/mol. The topological polar surface area (TPSA) is 163 Å². The van der Waals surface area contributed by atoms with Gasteiger partial charge in [0, 0.05) is 50.1 Å². The summed E-state index contributed by atoms with van der Waals surface area (Å²) in [6, 6.07) is 19.4. The predicted molar refractivity (Wildman–Crippen MR) is 199 cm³/mol. The van der Waals surface area contributed by atoms with Gasteiger partial charge in [-0.1, -0.05) is 54.6 Å². The highest BCUT2D eigenvalue weighted by molar-refractivity contribution is 5.73. The number of aliphatic carboxylic acids is 1. The molecule has 0 aromatic heterocycles. The number of carboxylic acid groups (broad SMARTS) is 1. The minimum absolute atomic E-state index is 0.00504. The van der Waals surface area contributed by atoms with E-state index in [9.17, 15) is 29.4 Å². The predicted octanol–water partition coefficient (Wildman–Crippen LogP) is 5.78. The number of carboxylic acids is 1. The molecule has 3 rings (SSSR count). The van der Waals surface area contributed by atoms with Crippen molar-refractivity contribution in [3.05, 3.63) is 94.5 Å². The van der Waals surface area contributed by atoms with Gasteiger partial charge in [0.1, 0.15) is 29.3 Å². The molecule has 0 radical (unpaired) electrons. The van der Waals surface area contributed by atoms with E-state index in [-0.39, 0.29) is 82.6 Å². The van der Waals surface area contributed by atoms with Gasteiger partial charge in [-0.2, -0.15) is 0 Å². The second kappa shape index (κ2) is 19.8. The first kappa shape index (κ1) is 42.5. The molecule has 12 heteroatoms. The number of aromatic hydroxyl groups is 2. The highest BCUT2D eigenvalue weighted by Gasteiger charge is 2.24. The molecule has 0 amide bonds. The molecule has 12 nitrogen and oxygen atoms in total. The second-order valence-electron chi connectivity index (χ2n) is 15.1. The summed E-state index contributed by atoms with van der Waals surface area (Å²) in [7, 11) is 0. The second-order valence-corrected chi connectivity index (χ2v) is 15.1. The zero-order valence-corrected chi connectivity index (χ0v) is 31.7. The van der Waals surface area contributed by atoms with E-state index in [1.807, 2.05) is 30.3 Å². The van der Waals surface area contributed by atoms with Crippen molar-refractivity contribution in [3.8, 4) is 11.5 Å². The Kier molecular flexibility index (Phi) is 15.8. The van der Waals surface area contributed by atoms with Crippen molar-refractivity contribution < 1.29 is 48.7 Å². The van der Waals surface area contributed by atoms with Crippen LogP contribution in [0.2, 0.25) is 0 Å². The van der Waals surface area contributed by atoms with Crippen LogP contribution in [-0.2, 0) is 65.9 Å². The fourth-order valence-corrected chi connectivity index (χ4v) is 5.46. The minimum atomic E-state index is -0.936. The van der Waals surface area contributed by atoms with Crippen LogP contribution in [0.5, 0.6) is 11.5 Å². The van der Waals surface area contributed by atoms with Crippen molar-refractivity contribution in [2.75, 3.05) is 26.2 Å². The lowest BCUT2D eigenvalue weighted by atomic mass is 10.0. The van der Waals surface area contributed by atoms with E-state index in [1.165, 1.54) is 6.07 Å². The summed E-state index contributed by atoms with van der Waals surface area (Å²) in [6.07, 6.45) is 0.724. The van der Waals surface area contributed by atoms with Gasteiger partial charge in [-0.3, -0.25) is 29.0 Å². The van der Waals surface area contributed by atoms with Gasteiger partial charge in [0.05, 0.1) is 13.1 Å². The number of phenolic OH excluding ortho intramolecular Hbond substituents is 2. The summed E-state index contributed by atoms with van der Waals surface area (Å²) < 4.78 is 16.6. The number of hydrogen-bond donors (Lipinski definition) is 3. The van der Waals surface area contributed by atoms with Crippen molar-refractivity contribution in [1.29, 1.82) is 0 Å². The van der Waals surface area contributed by atoms with Gasteiger partial charge in [-0.05, 0) is 83.2 Å². The van der Waals surface area contributed by atoms with Gasteiger partial charge in [-0.15, -0.1) is 0 Å². The Morgan fingerprint density at radius 2 is 1.06 bits per heavy atom. The molecule has 0 spiro atoms. The molecule has 0 fully saturated rings. The zero-order valence-electron chi connectivity index (χ0n) is 31.7. The quantitative estimate of drug-likeness (QED) is 0.101. The van der Waals surface area contributed by atoms with Crippen molar-refractivity contribution in [2.45, 2.75) is 98.1 Å². The lowest BCUT2D eigenvalue weighted by Gasteiger charge is -2.29. The van der Waals surface area contributed by atoms with Crippen molar-refractivity contribution in [3.63, 3.8) is 0 Å². The number of ether oxygens (including phenoxy) is 3. The van der Waals surface area contributed by atoms with Gasteiger partial charge in [0.25, 0.3) is 0 Å². The summed E-state index contributed by atoms with van der Waals surface area (Å²) in [6.45, 7) is 11.3. The van der Waals surface area contributed by atoms with Crippen molar-refractivity contribution >= 4 is 23.9 Å². The largest absolute Gasteiger partial charge is 0.508 e. The van der Waals surface area contributed by atoms with E-state index < -0.39 is 29.1 Å². The number of benzene rings is 3. The summed E-state index contributed by atoms with van der Waals surface area (Å²) in [5, 5.41) is 30.7. The van der Waals surface area contributed by atoms with Gasteiger partial charge in [0.2, 0.25) is 0 Å². The normalized spacial score (nSPS) is 11.8. The Morgan fingerprint density at radius 3 is 1.49 bits per heavy atom. The van der Waals surface area contributed by atoms with Crippen LogP contribution in [0.1, 0.15) is 82.2 Å². The fraction of sp³-hybridized carbons (Fsp3) is 0.463. The number of carbonyl (C=O) groups is 4. The van der Waals surface area contributed by atoms with Crippen LogP contribution < -0.4 is 0 Å². The smallest absolute Gasteiger partial charge is 0.320 e. The van der Waals surface area contributed by atoms with Crippen LogP contribution >= 0.6 is 0 Å². The van der Waals surface area contributed by atoms with Gasteiger partial charge < -0.3 is 29.5 Å². The Balaban J connectivity index is 1.80. The van der Waals surface area contributed by atoms with E-state index in [4.69, 9.17) is 19.3 Å². The number of hydrogen-bond acceptors (Lipinski definition) is 11. The molecule has 0 heterocycles. The first-order valence-electron chi connectivity index (χ1n) is 17.8. The van der Waals surface area contributed by atoms with E-state index in [2.05, 4.69) is 0 Å². The Labute approximate surface area is 312 Å². The third-order valence-electron chi connectivity index (χ3n) is 7.84. The zero-order chi connectivity index (χ0) is 39.2. The molecular weight excluding hydrogens is 680 g/mol. The van der Waals surface area contributed by atoms with Gasteiger partial charge in [0.15, 0.2) is 0 Å². The van der Waals surface area contributed by atoms with Crippen LogP contribution in [0.3, 0.4) is 0 Å². The molecule has 0 aliphatic carbocycles. The van der Waals surface area contributed by atoms with Gasteiger partial charge >= 0.3 is 23.9 Å². The number of esters is 3. The Morgan fingerprint density at radius 1 is 0.604 bits per heavy atom. The third kappa shape index (κ3) is 17.0. The molecule has 53 heavy (non-hydrogen) atoms. The number of phenols is 2. The Bertz CT molecular complexity index is 1680. The van der Waals surface area contributed by atoms with Gasteiger partial charge in [-0.25, -0.2) is 0 Å². The number of aryl methyl sites for hydroxylation is 2. The van der Waals surface area contributed by atoms with Crippen LogP contribution in [0.25, 0.3) is 0 Å². The lowest BCUT2D eigenvalue weighted by molar-refractivity contribution is -0.158. The maximum atomic E-state index is 13.1. The molecular formula is C41H54N2O10. The average Bonchev–Trinajstić information content (AvgIpc) is 3.05. The first-order valence-corrected chi connectivity index (χ1v) is 17.8. The Hall–Kier alpha value is -4.94. The molecule has 0 saturated carbocycles. The lowest BCUT2D eigenvalue weighted by Crippen LogP contribution is -2.41. The van der Waals surface area contributed by atoms with E-state index in [0.29, 0.717) is 17.5 Å². The first-order chi connectivity index (χ1) is 24.8. The molecule has 0 aliphatic rings. The third-order valence-corrected chi connectivity index (χ3v) is 7.84. The van der Waals surface area contributed by atoms with Crippen LogP contribution in [0.15, 0.2) is 66.7 Å². The molecule has 0 bridgehead atoms. The highest BCUT2D eigenvalue weighted by Crippen LogP contribution is 2.24. The van der Waals surface area contributed by atoms with E-state index >= 15 is 0 Å². The minimum Gasteiger partial charge on any atom is -0.508 e. The number of rotatable bonds is 19. The number of carbonyl (C=O) groups excluding carboxylic acids is 3. The molecule has 3 N–H and O–H groups in total. The van der Waals surface area contributed by atoms with E-state index in [1.54, 1.807) is 81.7 Å². The molecule has 0 aliphatic heterocycles. The standard InChI is InChI=1S/C41H54N2O10/c1-40(2,3)52-38(49)26-42(24-32-22-29(12-16-34(32)44)14-18-36(46)47)20-21-43(27-39(50)53-41(4,5)6)25-33-23-30(13-17-35(33)45)15-19-37(48)51-28-31-10-8-7-9-11-31/h7-13,16-17,22-23,44-45H,14-15,18-21,24-28H2,1-6H3,(H,46,47). The SMILES string of the molecule is CC(C)(C)OC(=O)CN(CCN(CC(=O)OC(C)(C)C)Cc1cc(CCC(=O)OCc2ccccc2)ccc1O)Cc1cc(CCC(=O)O)ccc1O. The van der Waals surface area contributed by atoms with Crippen molar-refractivity contribution in [1.82, 2.24) is 9.80 Å². The molecule has 3 aromatic rings. The summed E-state index contributed by atoms with van der Waals surface area (Å²) in [5.41, 5.74) is 2.00. The molecule has 0 unspecified atom stereocenters. The highest BCUT2D eigenvalue weighted by atomic mass is 16.6. The van der Waals surface area contributed by atoms with Crippen molar-refractivity contribution in [2.24, 2.45) is 0 Å². The number of nitrogens with zero attached hydrogens (tertiary/aromatic N) is 2. The maximum Gasteiger partial charge on any atom is 0.320 e. The fourth-order valence-electron chi connectivity index (χ4n) is 5.46. The maximum absolute atomic E-state index is 13.1. The molecule has 0 atom stereocenters.